The summed E-state index contributed by atoms with van der Waals surface area (Å²) in [5, 5.41) is 0.465. The Morgan fingerprint density at radius 3 is 2.27 bits per heavy atom. The van der Waals surface area contributed by atoms with Crippen LogP contribution in [0, 0.1) is 0 Å². The van der Waals surface area contributed by atoms with E-state index in [9.17, 15) is 8.42 Å². The maximum Gasteiger partial charge on any atom is 0.264 e. The van der Waals surface area contributed by atoms with E-state index < -0.39 is 10.0 Å². The lowest BCUT2D eigenvalue weighted by Gasteiger charge is -2.20. The number of methoxy groups -OCH3 is 2. The second kappa shape index (κ2) is 6.46. The van der Waals surface area contributed by atoms with Gasteiger partial charge in [-0.25, -0.2) is 8.42 Å². The molecule has 5 nitrogen and oxygen atoms in total. The minimum atomic E-state index is -3.73. The van der Waals surface area contributed by atoms with Gasteiger partial charge in [-0.3, -0.25) is 4.31 Å². The zero-order valence-electron chi connectivity index (χ0n) is 12.4. The minimum Gasteiger partial charge on any atom is -0.493 e. The molecule has 0 N–H and O–H groups in total. The predicted octanol–water partition coefficient (Wildman–Crippen LogP) is 3.18. The van der Waals surface area contributed by atoms with Crippen molar-refractivity contribution in [2.45, 2.75) is 4.90 Å². The van der Waals surface area contributed by atoms with Crippen LogP contribution in [0.25, 0.3) is 0 Å². The number of rotatable bonds is 5. The molecule has 7 heteroatoms. The first-order chi connectivity index (χ1) is 10.4. The molecule has 0 atom stereocenters. The fraction of sp³-hybridized carbons (Fsp3) is 0.200. The summed E-state index contributed by atoms with van der Waals surface area (Å²) in [4.78, 5) is 0.104. The molecule has 0 aliphatic rings. The van der Waals surface area contributed by atoms with Gasteiger partial charge in [-0.15, -0.1) is 0 Å². The van der Waals surface area contributed by atoms with Gasteiger partial charge in [0.1, 0.15) is 0 Å². The average Bonchev–Trinajstić information content (AvgIpc) is 2.53. The second-order valence-electron chi connectivity index (χ2n) is 4.47. The van der Waals surface area contributed by atoms with Gasteiger partial charge in [0.15, 0.2) is 11.5 Å². The Morgan fingerprint density at radius 1 is 1.00 bits per heavy atom. The van der Waals surface area contributed by atoms with Crippen LogP contribution in [0.5, 0.6) is 11.5 Å². The predicted molar refractivity (Wildman–Crippen MR) is 86.6 cm³/mol. The van der Waals surface area contributed by atoms with E-state index in [0.717, 1.165) is 0 Å². The highest BCUT2D eigenvalue weighted by Gasteiger charge is 2.23. The highest BCUT2D eigenvalue weighted by molar-refractivity contribution is 7.92. The maximum absolute atomic E-state index is 12.7. The highest BCUT2D eigenvalue weighted by Crippen LogP contribution is 2.32. The van der Waals surface area contributed by atoms with Crippen LogP contribution < -0.4 is 13.8 Å². The average molecular weight is 342 g/mol. The molecule has 0 unspecified atom stereocenters. The Kier molecular flexibility index (Phi) is 4.83. The topological polar surface area (TPSA) is 55.8 Å². The molecule has 0 aliphatic carbocycles. The first-order valence-corrected chi connectivity index (χ1v) is 8.18. The molecule has 0 saturated carbocycles. The van der Waals surface area contributed by atoms with Crippen molar-refractivity contribution in [2.75, 3.05) is 25.6 Å². The summed E-state index contributed by atoms with van der Waals surface area (Å²) >= 11 is 5.91. The molecule has 0 aliphatic heterocycles. The van der Waals surface area contributed by atoms with Gasteiger partial charge in [-0.1, -0.05) is 17.7 Å². The van der Waals surface area contributed by atoms with Crippen LogP contribution in [0.15, 0.2) is 47.4 Å². The summed E-state index contributed by atoms with van der Waals surface area (Å²) in [5.74, 6) is 0.815. The molecular formula is C15H16ClNO4S. The summed E-state index contributed by atoms with van der Waals surface area (Å²) in [7, 11) is 0.686. The van der Waals surface area contributed by atoms with Crippen molar-refractivity contribution in [2.24, 2.45) is 0 Å². The summed E-state index contributed by atoms with van der Waals surface area (Å²) in [5.41, 5.74) is 0.474. The van der Waals surface area contributed by atoms with Crippen molar-refractivity contribution in [3.05, 3.63) is 47.5 Å². The fourth-order valence-corrected chi connectivity index (χ4v) is 3.33. The second-order valence-corrected chi connectivity index (χ2v) is 6.87. The molecule has 2 aromatic carbocycles. The van der Waals surface area contributed by atoms with Crippen molar-refractivity contribution in [1.82, 2.24) is 0 Å². The third kappa shape index (κ3) is 3.13. The number of benzene rings is 2. The van der Waals surface area contributed by atoms with E-state index in [1.807, 2.05) is 0 Å². The molecule has 0 spiro atoms. The molecule has 0 radical (unpaired) electrons. The Morgan fingerprint density at radius 2 is 1.68 bits per heavy atom. The Hall–Kier alpha value is -1.92. The number of anilines is 1. The molecule has 118 valence electrons. The zero-order chi connectivity index (χ0) is 16.3. The van der Waals surface area contributed by atoms with Crippen LogP contribution in [0.2, 0.25) is 5.02 Å². The van der Waals surface area contributed by atoms with E-state index in [4.69, 9.17) is 21.1 Å². The SMILES string of the molecule is COc1ccc(S(=O)(=O)N(C)c2cccc(Cl)c2)cc1OC. The third-order valence-electron chi connectivity index (χ3n) is 3.19. The number of nitrogens with zero attached hydrogens (tertiary/aromatic N) is 1. The van der Waals surface area contributed by atoms with Gasteiger partial charge in [-0.2, -0.15) is 0 Å². The van der Waals surface area contributed by atoms with Gasteiger partial charge in [0.05, 0.1) is 24.8 Å². The van der Waals surface area contributed by atoms with Crippen LogP contribution >= 0.6 is 11.6 Å². The van der Waals surface area contributed by atoms with Gasteiger partial charge in [-0.05, 0) is 30.3 Å². The van der Waals surface area contributed by atoms with E-state index in [0.29, 0.717) is 22.2 Å². The van der Waals surface area contributed by atoms with Crippen LogP contribution in [0.3, 0.4) is 0 Å². The maximum atomic E-state index is 12.7. The molecular weight excluding hydrogens is 326 g/mol. The number of halogens is 1. The molecule has 0 fully saturated rings. The number of ether oxygens (including phenoxy) is 2. The van der Waals surface area contributed by atoms with E-state index in [1.54, 1.807) is 30.3 Å². The number of hydrogen-bond acceptors (Lipinski definition) is 4. The van der Waals surface area contributed by atoms with E-state index in [2.05, 4.69) is 0 Å². The zero-order valence-corrected chi connectivity index (χ0v) is 14.0. The smallest absolute Gasteiger partial charge is 0.264 e. The molecule has 0 amide bonds. The van der Waals surface area contributed by atoms with Crippen LogP contribution in [-0.4, -0.2) is 29.7 Å². The third-order valence-corrected chi connectivity index (χ3v) is 5.20. The van der Waals surface area contributed by atoms with E-state index in [1.165, 1.54) is 37.7 Å². The summed E-state index contributed by atoms with van der Waals surface area (Å²) in [6.45, 7) is 0. The molecule has 2 aromatic rings. The van der Waals surface area contributed by atoms with E-state index >= 15 is 0 Å². The van der Waals surface area contributed by atoms with Crippen molar-refractivity contribution < 1.29 is 17.9 Å². The monoisotopic (exact) mass is 341 g/mol. The van der Waals surface area contributed by atoms with Crippen LogP contribution in [-0.2, 0) is 10.0 Å². The standard InChI is InChI=1S/C15H16ClNO4S/c1-17(12-6-4-5-11(16)9-12)22(18,19)13-7-8-14(20-2)15(10-13)21-3/h4-10H,1-3H3. The Balaban J connectivity index is 2.46. The van der Waals surface area contributed by atoms with Crippen LogP contribution in [0.4, 0.5) is 5.69 Å². The van der Waals surface area contributed by atoms with Gasteiger partial charge < -0.3 is 9.47 Å². The summed E-state index contributed by atoms with van der Waals surface area (Å²) in [6.07, 6.45) is 0. The van der Waals surface area contributed by atoms with Crippen molar-refractivity contribution in [3.63, 3.8) is 0 Å². The lowest BCUT2D eigenvalue weighted by atomic mass is 10.3. The summed E-state index contributed by atoms with van der Waals surface area (Å²) in [6, 6.07) is 11.1. The van der Waals surface area contributed by atoms with Gasteiger partial charge in [0.2, 0.25) is 0 Å². The Labute approximate surface area is 135 Å². The molecule has 2 rings (SSSR count). The normalized spacial score (nSPS) is 11.1. The summed E-state index contributed by atoms with van der Waals surface area (Å²) < 4.78 is 36.8. The lowest BCUT2D eigenvalue weighted by Crippen LogP contribution is -2.26. The number of hydrogen-bond donors (Lipinski definition) is 0. The molecule has 0 bridgehead atoms. The molecule has 0 aromatic heterocycles. The van der Waals surface area contributed by atoms with Crippen molar-refractivity contribution in [3.8, 4) is 11.5 Å². The largest absolute Gasteiger partial charge is 0.493 e. The van der Waals surface area contributed by atoms with Crippen molar-refractivity contribution in [1.29, 1.82) is 0 Å². The lowest BCUT2D eigenvalue weighted by molar-refractivity contribution is 0.354. The van der Waals surface area contributed by atoms with E-state index in [-0.39, 0.29) is 4.90 Å². The fourth-order valence-electron chi connectivity index (χ4n) is 1.95. The Bertz CT molecular complexity index is 777. The van der Waals surface area contributed by atoms with Crippen LogP contribution in [0.1, 0.15) is 0 Å². The highest BCUT2D eigenvalue weighted by atomic mass is 35.5. The molecule has 22 heavy (non-hydrogen) atoms. The first kappa shape index (κ1) is 16.5. The van der Waals surface area contributed by atoms with Gasteiger partial charge >= 0.3 is 0 Å². The quantitative estimate of drug-likeness (QED) is 0.838. The molecule has 0 saturated heterocycles. The van der Waals surface area contributed by atoms with Crippen molar-refractivity contribution >= 4 is 27.3 Å². The van der Waals surface area contributed by atoms with Gasteiger partial charge in [0.25, 0.3) is 10.0 Å². The first-order valence-electron chi connectivity index (χ1n) is 6.36. The molecule has 0 heterocycles. The number of sulfonamides is 1. The minimum absolute atomic E-state index is 0.104. The van der Waals surface area contributed by atoms with Gasteiger partial charge in [0, 0.05) is 18.1 Å².